The van der Waals surface area contributed by atoms with Gasteiger partial charge in [-0.15, -0.1) is 0 Å². The second-order valence-electron chi connectivity index (χ2n) is 7.63. The molecule has 12 heteroatoms. The Morgan fingerprint density at radius 2 is 1.82 bits per heavy atom. The van der Waals surface area contributed by atoms with Gasteiger partial charge in [-0.25, -0.2) is 0 Å². The Bertz CT molecular complexity index is 617. The van der Waals surface area contributed by atoms with Gasteiger partial charge in [0, 0.05) is 31.0 Å². The summed E-state index contributed by atoms with van der Waals surface area (Å²) in [4.78, 5) is 47.9. The summed E-state index contributed by atoms with van der Waals surface area (Å²) in [6.07, 6.45) is 4.06. The molecule has 0 saturated carbocycles. The summed E-state index contributed by atoms with van der Waals surface area (Å²) in [6, 6.07) is -2.14. The summed E-state index contributed by atoms with van der Waals surface area (Å²) < 4.78 is 15.1. The van der Waals surface area contributed by atoms with Crippen molar-refractivity contribution in [3.8, 4) is 0 Å². The highest BCUT2D eigenvalue weighted by atomic mass is 33.1. The minimum atomic E-state index is -1.19. The van der Waals surface area contributed by atoms with Crippen LogP contribution in [0.2, 0.25) is 0 Å². The number of amides is 2. The van der Waals surface area contributed by atoms with Crippen LogP contribution >= 0.6 is 21.6 Å². The molecule has 3 atom stereocenters. The zero-order valence-electron chi connectivity index (χ0n) is 19.3. The lowest BCUT2D eigenvalue weighted by molar-refractivity contribution is -0.146. The van der Waals surface area contributed by atoms with Crippen LogP contribution in [0.15, 0.2) is 0 Å². The number of aliphatic carboxylic acids is 1. The zero-order valence-corrected chi connectivity index (χ0v) is 21.0. The molecule has 33 heavy (non-hydrogen) atoms. The van der Waals surface area contributed by atoms with E-state index in [1.54, 1.807) is 7.11 Å². The lowest BCUT2D eigenvalue weighted by atomic mass is 10.1. The van der Waals surface area contributed by atoms with E-state index in [2.05, 4.69) is 10.6 Å². The highest BCUT2D eigenvalue weighted by Gasteiger charge is 2.25. The third kappa shape index (κ3) is 14.4. The monoisotopic (exact) mass is 508 g/mol. The van der Waals surface area contributed by atoms with Gasteiger partial charge < -0.3 is 30.0 Å². The average molecular weight is 509 g/mol. The Kier molecular flexibility index (Phi) is 16.0. The molecule has 1 aliphatic rings. The van der Waals surface area contributed by atoms with E-state index in [9.17, 15) is 19.2 Å². The van der Waals surface area contributed by atoms with Crippen LogP contribution in [0.25, 0.3) is 0 Å². The number of hydrogen-bond donors (Lipinski definition) is 3. The first-order valence-electron chi connectivity index (χ1n) is 11.2. The van der Waals surface area contributed by atoms with Crippen LogP contribution in [0.4, 0.5) is 0 Å². The molecule has 0 aromatic carbocycles. The Morgan fingerprint density at radius 1 is 1.06 bits per heavy atom. The molecule has 1 fully saturated rings. The van der Waals surface area contributed by atoms with E-state index in [0.29, 0.717) is 24.9 Å². The van der Waals surface area contributed by atoms with Gasteiger partial charge in [-0.05, 0) is 32.6 Å². The first kappa shape index (κ1) is 29.5. The minimum absolute atomic E-state index is 0.00319. The number of nitrogens with one attached hydrogen (secondary N) is 2. The van der Waals surface area contributed by atoms with E-state index >= 15 is 0 Å². The van der Waals surface area contributed by atoms with E-state index in [4.69, 9.17) is 19.3 Å². The summed E-state index contributed by atoms with van der Waals surface area (Å²) in [5.41, 5.74) is 0. The third-order valence-corrected chi connectivity index (χ3v) is 7.85. The van der Waals surface area contributed by atoms with Gasteiger partial charge >= 0.3 is 11.9 Å². The van der Waals surface area contributed by atoms with Crippen LogP contribution in [-0.2, 0) is 33.4 Å². The second-order valence-corrected chi connectivity index (χ2v) is 10.4. The number of carbonyl (C=O) groups is 4. The molecule has 1 saturated heterocycles. The lowest BCUT2D eigenvalue weighted by Gasteiger charge is -2.20. The molecule has 190 valence electrons. The van der Waals surface area contributed by atoms with Gasteiger partial charge in [-0.3, -0.25) is 19.2 Å². The summed E-state index contributed by atoms with van der Waals surface area (Å²) in [6.45, 7) is 2.46. The number of unbranched alkanes of at least 4 members (excludes halogenated alkanes) is 1. The molecule has 2 unspecified atom stereocenters. The number of rotatable bonds is 18. The van der Waals surface area contributed by atoms with Crippen molar-refractivity contribution in [2.45, 2.75) is 69.2 Å². The number of carbonyl (C=O) groups excluding carboxylic acids is 3. The van der Waals surface area contributed by atoms with E-state index in [1.165, 1.54) is 19.1 Å². The van der Waals surface area contributed by atoms with E-state index < -0.39 is 29.9 Å². The maximum absolute atomic E-state index is 12.5. The van der Waals surface area contributed by atoms with Crippen molar-refractivity contribution in [1.29, 1.82) is 0 Å². The van der Waals surface area contributed by atoms with Crippen LogP contribution in [0.5, 0.6) is 0 Å². The third-order valence-electron chi connectivity index (χ3n) is 4.85. The Balaban J connectivity index is 2.42. The average Bonchev–Trinajstić information content (AvgIpc) is 3.30. The number of hydrogen-bond acceptors (Lipinski definition) is 9. The van der Waals surface area contributed by atoms with Crippen LogP contribution < -0.4 is 10.6 Å². The largest absolute Gasteiger partial charge is 0.480 e. The molecule has 0 aliphatic carbocycles. The first-order valence-corrected chi connectivity index (χ1v) is 13.5. The summed E-state index contributed by atoms with van der Waals surface area (Å²) in [7, 11) is 5.34. The molecular formula is C21H36N2O8S2. The Hall–Kier alpha value is -1.50. The molecule has 1 aliphatic heterocycles. The second kappa shape index (κ2) is 17.9. The van der Waals surface area contributed by atoms with Gasteiger partial charge in [0.05, 0.1) is 19.8 Å². The van der Waals surface area contributed by atoms with Crippen LogP contribution in [-0.4, -0.2) is 85.5 Å². The standard InChI is InChI=1S/C21H36N2O8S2/c1-15(21(27)28)22-20(26)17(7-8-19(25)31-13-12-30-11-10-29-2)23-18(24)6-4-3-5-16-9-14-32-33-16/h15-17H,3-14H2,1-2H3,(H,22,26)(H,23,24)(H,27,28)/t15?,16-,17?/m1/s1. The van der Waals surface area contributed by atoms with Crippen LogP contribution in [0.3, 0.4) is 0 Å². The number of esters is 1. The van der Waals surface area contributed by atoms with Crippen molar-refractivity contribution in [3.63, 3.8) is 0 Å². The predicted molar refractivity (Wildman–Crippen MR) is 127 cm³/mol. The normalized spacial score (nSPS) is 17.2. The SMILES string of the molecule is COCCOCCOC(=O)CCC(NC(=O)CCCC[C@@H]1CCSS1)C(=O)NC(C)C(=O)O. The molecule has 1 rings (SSSR count). The first-order chi connectivity index (χ1) is 15.8. The number of carboxylic acid groups (broad SMARTS) is 1. The maximum atomic E-state index is 12.5. The molecule has 0 aromatic rings. The van der Waals surface area contributed by atoms with Crippen molar-refractivity contribution in [3.05, 3.63) is 0 Å². The van der Waals surface area contributed by atoms with Gasteiger partial charge in [0.15, 0.2) is 0 Å². The lowest BCUT2D eigenvalue weighted by Crippen LogP contribution is -2.50. The number of carboxylic acids is 1. The van der Waals surface area contributed by atoms with Crippen LogP contribution in [0.1, 0.15) is 51.9 Å². The van der Waals surface area contributed by atoms with Gasteiger partial charge in [-0.1, -0.05) is 28.0 Å². The topological polar surface area (TPSA) is 140 Å². The molecule has 10 nitrogen and oxygen atoms in total. The zero-order chi connectivity index (χ0) is 24.5. The van der Waals surface area contributed by atoms with Gasteiger partial charge in [0.25, 0.3) is 0 Å². The van der Waals surface area contributed by atoms with E-state index in [0.717, 1.165) is 12.8 Å². The fourth-order valence-electron chi connectivity index (χ4n) is 2.93. The minimum Gasteiger partial charge on any atom is -0.480 e. The Labute approximate surface area is 203 Å². The van der Waals surface area contributed by atoms with Crippen molar-refractivity contribution >= 4 is 45.3 Å². The fraction of sp³-hybridized carbons (Fsp3) is 0.810. The highest BCUT2D eigenvalue weighted by Crippen LogP contribution is 2.39. The van der Waals surface area contributed by atoms with Gasteiger partial charge in [0.2, 0.25) is 11.8 Å². The van der Waals surface area contributed by atoms with Crippen molar-refractivity contribution < 1.29 is 38.5 Å². The summed E-state index contributed by atoms with van der Waals surface area (Å²) in [5, 5.41) is 14.6. The molecule has 0 spiro atoms. The van der Waals surface area contributed by atoms with E-state index in [1.807, 2.05) is 21.6 Å². The molecule has 0 aromatic heterocycles. The number of methoxy groups -OCH3 is 1. The molecule has 2 amide bonds. The fourth-order valence-corrected chi connectivity index (χ4v) is 5.95. The Morgan fingerprint density at radius 3 is 2.48 bits per heavy atom. The molecule has 0 radical (unpaired) electrons. The molecule has 1 heterocycles. The van der Waals surface area contributed by atoms with E-state index in [-0.39, 0.29) is 38.4 Å². The molecular weight excluding hydrogens is 472 g/mol. The molecule has 0 bridgehead atoms. The van der Waals surface area contributed by atoms with Gasteiger partial charge in [0.1, 0.15) is 18.7 Å². The van der Waals surface area contributed by atoms with Crippen molar-refractivity contribution in [2.24, 2.45) is 0 Å². The maximum Gasteiger partial charge on any atom is 0.325 e. The predicted octanol–water partition coefficient (Wildman–Crippen LogP) is 1.76. The van der Waals surface area contributed by atoms with Crippen molar-refractivity contribution in [1.82, 2.24) is 10.6 Å². The van der Waals surface area contributed by atoms with Crippen molar-refractivity contribution in [2.75, 3.05) is 39.3 Å². The van der Waals surface area contributed by atoms with Gasteiger partial charge in [-0.2, -0.15) is 0 Å². The number of ether oxygens (including phenoxy) is 3. The molecule has 3 N–H and O–H groups in total. The smallest absolute Gasteiger partial charge is 0.325 e. The van der Waals surface area contributed by atoms with Crippen LogP contribution in [0, 0.1) is 0 Å². The quantitative estimate of drug-likeness (QED) is 0.142. The highest BCUT2D eigenvalue weighted by molar-refractivity contribution is 8.77. The summed E-state index contributed by atoms with van der Waals surface area (Å²) >= 11 is 0. The summed E-state index contributed by atoms with van der Waals surface area (Å²) in [5.74, 6) is -1.50.